The molecule has 2 aromatic rings. The quantitative estimate of drug-likeness (QED) is 0.601. The number of carbonyl (C=O) groups is 1. The summed E-state index contributed by atoms with van der Waals surface area (Å²) in [5, 5.41) is 3.23. The fraction of sp³-hybridized carbons (Fsp3) is 0.586. The van der Waals surface area contributed by atoms with Crippen LogP contribution in [0.15, 0.2) is 36.7 Å². The number of alkyl halides is 3. The van der Waals surface area contributed by atoms with Crippen LogP contribution in [0, 0.1) is 0 Å². The Hall–Kier alpha value is -2.53. The number of nitrogens with one attached hydrogen (secondary N) is 1. The summed E-state index contributed by atoms with van der Waals surface area (Å²) in [5.41, 5.74) is 3.33. The lowest BCUT2D eigenvalue weighted by molar-refractivity contribution is -0.137. The number of nitrogens with zero attached hydrogens (tertiary/aromatic N) is 3. The summed E-state index contributed by atoms with van der Waals surface area (Å²) in [6.45, 7) is 4.08. The molecule has 6 rings (SSSR count). The van der Waals surface area contributed by atoms with Crippen LogP contribution in [-0.2, 0) is 39.8 Å². The third kappa shape index (κ3) is 5.99. The second-order valence-corrected chi connectivity index (χ2v) is 11.2. The Morgan fingerprint density at radius 1 is 1.08 bits per heavy atom. The van der Waals surface area contributed by atoms with Crippen LogP contribution in [0.2, 0.25) is 0 Å². The zero-order valence-electron chi connectivity index (χ0n) is 22.0. The fourth-order valence-electron chi connectivity index (χ4n) is 6.57. The molecule has 4 heterocycles. The second-order valence-electron chi connectivity index (χ2n) is 11.2. The Bertz CT molecular complexity index is 1190. The van der Waals surface area contributed by atoms with Gasteiger partial charge in [0.2, 0.25) is 5.91 Å². The molecular formula is C29H35F3N4O3. The number of hydrogen-bond donors (Lipinski definition) is 1. The monoisotopic (exact) mass is 544 g/mol. The molecule has 3 atom stereocenters. The maximum Gasteiger partial charge on any atom is 0.416 e. The molecule has 1 amide bonds. The Morgan fingerprint density at radius 3 is 2.74 bits per heavy atom. The van der Waals surface area contributed by atoms with Gasteiger partial charge in [-0.3, -0.25) is 19.6 Å². The van der Waals surface area contributed by atoms with E-state index in [0.29, 0.717) is 31.1 Å². The first-order valence-corrected chi connectivity index (χ1v) is 13.9. The molecule has 1 N–H and O–H groups in total. The van der Waals surface area contributed by atoms with Gasteiger partial charge in [0.15, 0.2) is 0 Å². The van der Waals surface area contributed by atoms with Crippen LogP contribution in [0.25, 0.3) is 0 Å². The van der Waals surface area contributed by atoms with Gasteiger partial charge in [-0.2, -0.15) is 13.2 Å². The molecular weight excluding hydrogens is 509 g/mol. The number of halogens is 3. The summed E-state index contributed by atoms with van der Waals surface area (Å²) in [7, 11) is 0. The van der Waals surface area contributed by atoms with Crippen molar-refractivity contribution in [3.8, 4) is 0 Å². The van der Waals surface area contributed by atoms with Crippen LogP contribution in [0.4, 0.5) is 13.2 Å². The molecule has 2 saturated heterocycles. The van der Waals surface area contributed by atoms with Gasteiger partial charge < -0.3 is 14.8 Å². The summed E-state index contributed by atoms with van der Waals surface area (Å²) in [4.78, 5) is 21.8. The topological polar surface area (TPSA) is 66.9 Å². The molecule has 1 aromatic heterocycles. The molecule has 0 radical (unpaired) electrons. The third-order valence-electron chi connectivity index (χ3n) is 8.64. The Labute approximate surface area is 226 Å². The number of rotatable bonds is 6. The van der Waals surface area contributed by atoms with Gasteiger partial charge in [0.25, 0.3) is 0 Å². The Balaban J connectivity index is 1.11. The first-order chi connectivity index (χ1) is 18.8. The predicted molar refractivity (Wildman–Crippen MR) is 138 cm³/mol. The molecule has 2 fully saturated rings. The van der Waals surface area contributed by atoms with Crippen LogP contribution >= 0.6 is 0 Å². The van der Waals surface area contributed by atoms with E-state index in [9.17, 15) is 18.0 Å². The van der Waals surface area contributed by atoms with E-state index < -0.39 is 11.7 Å². The summed E-state index contributed by atoms with van der Waals surface area (Å²) in [5.74, 6) is -0.117. The third-order valence-corrected chi connectivity index (χ3v) is 8.64. The molecule has 10 heteroatoms. The Kier molecular flexibility index (Phi) is 7.63. The first-order valence-electron chi connectivity index (χ1n) is 13.9. The van der Waals surface area contributed by atoms with E-state index in [1.165, 1.54) is 17.2 Å². The number of benzene rings is 1. The van der Waals surface area contributed by atoms with Crippen molar-refractivity contribution < 1.29 is 27.4 Å². The van der Waals surface area contributed by atoms with Gasteiger partial charge in [-0.15, -0.1) is 0 Å². The van der Waals surface area contributed by atoms with Crippen molar-refractivity contribution in [1.82, 2.24) is 20.1 Å². The SMILES string of the molecule is O=C(CN1CCc2ccc(C(F)(F)F)cc2C1)NC1CN(C2CCOCC2)C[C@@H]1OC1CCc2cnccc21. The maximum atomic E-state index is 13.2. The van der Waals surface area contributed by atoms with Crippen LogP contribution in [-0.4, -0.2) is 78.3 Å². The van der Waals surface area contributed by atoms with Crippen molar-refractivity contribution >= 4 is 5.91 Å². The average Bonchev–Trinajstić information content (AvgIpc) is 3.52. The molecule has 1 aromatic carbocycles. The number of fused-ring (bicyclic) bond motifs is 2. The number of carbonyl (C=O) groups excluding carboxylic acids is 1. The van der Waals surface area contributed by atoms with Gasteiger partial charge >= 0.3 is 6.18 Å². The van der Waals surface area contributed by atoms with Gasteiger partial charge in [-0.1, -0.05) is 6.07 Å². The molecule has 0 saturated carbocycles. The highest BCUT2D eigenvalue weighted by Gasteiger charge is 2.40. The molecule has 39 heavy (non-hydrogen) atoms. The lowest BCUT2D eigenvalue weighted by atomic mass is 9.97. The predicted octanol–water partition coefficient (Wildman–Crippen LogP) is 3.51. The zero-order chi connectivity index (χ0) is 27.0. The molecule has 2 unspecified atom stereocenters. The first kappa shape index (κ1) is 26.7. The number of pyridine rings is 1. The van der Waals surface area contributed by atoms with E-state index >= 15 is 0 Å². The molecule has 4 aliphatic rings. The van der Waals surface area contributed by atoms with Crippen LogP contribution in [0.1, 0.15) is 53.2 Å². The van der Waals surface area contributed by atoms with E-state index in [-0.39, 0.29) is 30.7 Å². The zero-order valence-corrected chi connectivity index (χ0v) is 22.0. The molecule has 7 nitrogen and oxygen atoms in total. The minimum absolute atomic E-state index is 0.0107. The number of amides is 1. The fourth-order valence-corrected chi connectivity index (χ4v) is 6.57. The van der Waals surface area contributed by atoms with Crippen molar-refractivity contribution in [2.75, 3.05) is 39.4 Å². The van der Waals surface area contributed by atoms with Gasteiger partial charge in [0.05, 0.1) is 30.4 Å². The van der Waals surface area contributed by atoms with E-state index in [1.807, 2.05) is 17.2 Å². The van der Waals surface area contributed by atoms with Crippen LogP contribution in [0.3, 0.4) is 0 Å². The molecule has 0 bridgehead atoms. The largest absolute Gasteiger partial charge is 0.416 e. The van der Waals surface area contributed by atoms with Gasteiger partial charge in [0, 0.05) is 57.8 Å². The van der Waals surface area contributed by atoms with E-state index in [0.717, 1.165) is 63.6 Å². The highest BCUT2D eigenvalue weighted by Crippen LogP contribution is 2.36. The highest BCUT2D eigenvalue weighted by molar-refractivity contribution is 5.78. The molecule has 210 valence electrons. The highest BCUT2D eigenvalue weighted by atomic mass is 19.4. The summed E-state index contributed by atoms with van der Waals surface area (Å²) >= 11 is 0. The molecule has 1 aliphatic carbocycles. The van der Waals surface area contributed by atoms with Crippen molar-refractivity contribution in [2.45, 2.75) is 69.1 Å². The number of aryl methyl sites for hydroxylation is 1. The van der Waals surface area contributed by atoms with Crippen molar-refractivity contribution in [3.05, 3.63) is 64.5 Å². The number of hydrogen-bond acceptors (Lipinski definition) is 6. The normalized spacial score (nSPS) is 26.4. The lowest BCUT2D eigenvalue weighted by Crippen LogP contribution is -2.48. The standard InChI is InChI=1S/C29H35F3N4O3/c30-29(31,32)22-3-1-19-6-10-35(15-21(19)13-22)18-28(37)34-25-16-36(23-7-11-38-12-8-23)17-27(25)39-26-4-2-20-14-33-9-5-24(20)26/h1,3,5,9,13-14,23,25-27H,2,4,6-8,10-12,15-18H2,(H,34,37)/t25?,26?,27-/m0/s1. The number of aromatic nitrogens is 1. The van der Waals surface area contributed by atoms with Crippen molar-refractivity contribution in [1.29, 1.82) is 0 Å². The van der Waals surface area contributed by atoms with Crippen LogP contribution < -0.4 is 5.32 Å². The lowest BCUT2D eigenvalue weighted by Gasteiger charge is -2.31. The summed E-state index contributed by atoms with van der Waals surface area (Å²) in [6.07, 6.45) is 3.60. The Morgan fingerprint density at radius 2 is 1.92 bits per heavy atom. The summed E-state index contributed by atoms with van der Waals surface area (Å²) in [6, 6.07) is 6.22. The van der Waals surface area contributed by atoms with Crippen molar-refractivity contribution in [3.63, 3.8) is 0 Å². The maximum absolute atomic E-state index is 13.2. The smallest absolute Gasteiger partial charge is 0.381 e. The molecule has 3 aliphatic heterocycles. The van der Waals surface area contributed by atoms with Gasteiger partial charge in [-0.25, -0.2) is 0 Å². The van der Waals surface area contributed by atoms with Gasteiger partial charge in [-0.05, 0) is 72.6 Å². The number of ether oxygens (including phenoxy) is 2. The summed E-state index contributed by atoms with van der Waals surface area (Å²) < 4.78 is 51.9. The second kappa shape index (κ2) is 11.2. The van der Waals surface area contributed by atoms with Crippen molar-refractivity contribution in [2.24, 2.45) is 0 Å². The molecule has 0 spiro atoms. The minimum atomic E-state index is -4.38. The average molecular weight is 545 g/mol. The van der Waals surface area contributed by atoms with E-state index in [1.54, 1.807) is 12.3 Å². The number of likely N-dealkylation sites (tertiary alicyclic amines) is 1. The van der Waals surface area contributed by atoms with E-state index in [2.05, 4.69) is 15.2 Å². The van der Waals surface area contributed by atoms with E-state index in [4.69, 9.17) is 9.47 Å². The van der Waals surface area contributed by atoms with Crippen LogP contribution in [0.5, 0.6) is 0 Å². The van der Waals surface area contributed by atoms with Gasteiger partial charge in [0.1, 0.15) is 0 Å². The minimum Gasteiger partial charge on any atom is -0.381 e.